The third-order valence-corrected chi connectivity index (χ3v) is 3.99. The largest absolute Gasteiger partial charge is 0.481 e. The summed E-state index contributed by atoms with van der Waals surface area (Å²) in [5.74, 6) is -4.71. The van der Waals surface area contributed by atoms with Crippen LogP contribution >= 0.6 is 0 Å². The molecule has 0 aliphatic carbocycles. The van der Waals surface area contributed by atoms with Gasteiger partial charge in [-0.3, -0.25) is 19.9 Å². The second-order valence-corrected chi connectivity index (χ2v) is 5.42. The van der Waals surface area contributed by atoms with Crippen LogP contribution in [0.1, 0.15) is 31.7 Å². The molecule has 2 atom stereocenters. The molecule has 2 rings (SSSR count). The molecule has 1 heterocycles. The van der Waals surface area contributed by atoms with Crippen LogP contribution in [0.15, 0.2) is 40.5 Å². The Kier molecular flexibility index (Phi) is 4.77. The fraction of sp³-hybridized carbons (Fsp3) is 0.312. The molecule has 24 heavy (non-hydrogen) atoms. The topological polar surface area (TPSA) is 130 Å². The number of hydrogen-bond acceptors (Lipinski definition) is 5. The number of hydrogen-bond donors (Lipinski definition) is 2. The number of carboxylic acids is 2. The maximum atomic E-state index is 11.7. The van der Waals surface area contributed by atoms with Gasteiger partial charge in [-0.1, -0.05) is 19.1 Å². The summed E-state index contributed by atoms with van der Waals surface area (Å²) in [6.45, 7) is 3.25. The van der Waals surface area contributed by atoms with E-state index in [4.69, 9.17) is 0 Å². The number of non-ortho nitro benzene ring substituents is 1. The van der Waals surface area contributed by atoms with Gasteiger partial charge < -0.3 is 10.2 Å². The van der Waals surface area contributed by atoms with Crippen LogP contribution in [-0.4, -0.2) is 32.8 Å². The molecular weight excluding hydrogens is 316 g/mol. The normalized spacial score (nSPS) is 20.5. The molecule has 0 bridgehead atoms. The third kappa shape index (κ3) is 3.03. The standard InChI is InChI=1S/C16H16N2O6/c1-3-11-14(16(21)22)13(12(15(19)20)8(2)17-11)9-5-4-6-10(7-9)18(23)24/h4-7,12-13H,3H2,1-2H3,(H,19,20)(H,21,22). The summed E-state index contributed by atoms with van der Waals surface area (Å²) in [5, 5.41) is 30.1. The molecule has 0 saturated heterocycles. The lowest BCUT2D eigenvalue weighted by Gasteiger charge is -2.30. The highest BCUT2D eigenvalue weighted by Crippen LogP contribution is 2.40. The molecule has 1 aliphatic rings. The first-order valence-corrected chi connectivity index (χ1v) is 7.26. The van der Waals surface area contributed by atoms with Gasteiger partial charge in [-0.05, 0) is 18.9 Å². The van der Waals surface area contributed by atoms with Crippen molar-refractivity contribution in [2.75, 3.05) is 0 Å². The minimum atomic E-state index is -1.27. The van der Waals surface area contributed by atoms with E-state index in [1.807, 2.05) is 0 Å². The molecule has 8 heteroatoms. The van der Waals surface area contributed by atoms with Gasteiger partial charge in [0.2, 0.25) is 0 Å². The van der Waals surface area contributed by atoms with E-state index in [0.717, 1.165) is 0 Å². The van der Waals surface area contributed by atoms with Gasteiger partial charge in [-0.2, -0.15) is 0 Å². The number of aliphatic carboxylic acids is 2. The van der Waals surface area contributed by atoms with Gasteiger partial charge in [0.1, 0.15) is 5.92 Å². The van der Waals surface area contributed by atoms with E-state index in [9.17, 15) is 29.9 Å². The Bertz CT molecular complexity index is 781. The lowest BCUT2D eigenvalue weighted by Crippen LogP contribution is -2.35. The van der Waals surface area contributed by atoms with Crippen LogP contribution in [0.25, 0.3) is 0 Å². The van der Waals surface area contributed by atoms with Crippen molar-refractivity contribution in [2.45, 2.75) is 26.2 Å². The zero-order valence-electron chi connectivity index (χ0n) is 13.1. The minimum absolute atomic E-state index is 0.129. The van der Waals surface area contributed by atoms with Crippen LogP contribution in [0.2, 0.25) is 0 Å². The fourth-order valence-corrected chi connectivity index (χ4v) is 2.97. The predicted molar refractivity (Wildman–Crippen MR) is 85.0 cm³/mol. The lowest BCUT2D eigenvalue weighted by atomic mass is 9.75. The second-order valence-electron chi connectivity index (χ2n) is 5.42. The summed E-state index contributed by atoms with van der Waals surface area (Å²) < 4.78 is 0. The Morgan fingerprint density at radius 3 is 2.50 bits per heavy atom. The van der Waals surface area contributed by atoms with Gasteiger partial charge in [0.05, 0.1) is 16.2 Å². The average Bonchev–Trinajstić information content (AvgIpc) is 2.52. The summed E-state index contributed by atoms with van der Waals surface area (Å²) in [6.07, 6.45) is 0.316. The highest BCUT2D eigenvalue weighted by atomic mass is 16.6. The molecule has 0 saturated carbocycles. The van der Waals surface area contributed by atoms with Gasteiger partial charge in [0.15, 0.2) is 0 Å². The molecule has 0 radical (unpaired) electrons. The molecule has 2 N–H and O–H groups in total. The molecule has 0 aromatic heterocycles. The molecule has 0 fully saturated rings. The first kappa shape index (κ1) is 17.3. The number of nitro benzene ring substituents is 1. The van der Waals surface area contributed by atoms with E-state index in [1.54, 1.807) is 6.92 Å². The van der Waals surface area contributed by atoms with Crippen molar-refractivity contribution < 1.29 is 24.7 Å². The molecule has 2 unspecified atom stereocenters. The number of benzene rings is 1. The van der Waals surface area contributed by atoms with E-state index >= 15 is 0 Å². The maximum absolute atomic E-state index is 11.7. The quantitative estimate of drug-likeness (QED) is 0.629. The van der Waals surface area contributed by atoms with Crippen LogP contribution in [0.3, 0.4) is 0 Å². The zero-order valence-corrected chi connectivity index (χ0v) is 13.1. The molecule has 1 aromatic rings. The summed E-state index contributed by atoms with van der Waals surface area (Å²) in [4.78, 5) is 38.0. The van der Waals surface area contributed by atoms with Crippen molar-refractivity contribution in [3.63, 3.8) is 0 Å². The smallest absolute Gasteiger partial charge is 0.334 e. The molecule has 0 spiro atoms. The molecule has 126 valence electrons. The molecule has 8 nitrogen and oxygen atoms in total. The van der Waals surface area contributed by atoms with Gasteiger partial charge in [0.25, 0.3) is 5.69 Å². The molecule has 0 amide bonds. The van der Waals surface area contributed by atoms with Crippen molar-refractivity contribution in [3.05, 3.63) is 51.2 Å². The van der Waals surface area contributed by atoms with Crippen LogP contribution in [0, 0.1) is 16.0 Å². The SMILES string of the molecule is CCC1=C(C(=O)O)C(c2cccc([N+](=O)[O-])c2)C(C(=O)O)C(C)=N1. The van der Waals surface area contributed by atoms with Gasteiger partial charge in [-0.25, -0.2) is 4.79 Å². The van der Waals surface area contributed by atoms with Crippen molar-refractivity contribution in [1.29, 1.82) is 0 Å². The highest BCUT2D eigenvalue weighted by molar-refractivity contribution is 6.06. The summed E-state index contributed by atoms with van der Waals surface area (Å²) in [6, 6.07) is 5.41. The van der Waals surface area contributed by atoms with Crippen LogP contribution in [0.5, 0.6) is 0 Å². The van der Waals surface area contributed by atoms with Crippen molar-refractivity contribution in [3.8, 4) is 0 Å². The summed E-state index contributed by atoms with van der Waals surface area (Å²) >= 11 is 0. The Hall–Kier alpha value is -3.03. The Balaban J connectivity index is 2.73. The van der Waals surface area contributed by atoms with Crippen molar-refractivity contribution in [2.24, 2.45) is 10.9 Å². The number of carboxylic acid groups (broad SMARTS) is 2. The molecule has 1 aromatic carbocycles. The van der Waals surface area contributed by atoms with E-state index in [1.165, 1.54) is 31.2 Å². The predicted octanol–water partition coefficient (Wildman–Crippen LogP) is 2.60. The first-order valence-electron chi connectivity index (χ1n) is 7.26. The number of nitrogens with zero attached hydrogens (tertiary/aromatic N) is 2. The number of carbonyl (C=O) groups is 2. The summed E-state index contributed by atoms with van der Waals surface area (Å²) in [7, 11) is 0. The van der Waals surface area contributed by atoms with Crippen LogP contribution in [0.4, 0.5) is 5.69 Å². The van der Waals surface area contributed by atoms with Crippen LogP contribution in [-0.2, 0) is 9.59 Å². The first-order chi connectivity index (χ1) is 11.3. The Labute approximate surface area is 137 Å². The zero-order chi connectivity index (χ0) is 18.0. The summed E-state index contributed by atoms with van der Waals surface area (Å²) in [5.41, 5.74) is 0.486. The van der Waals surface area contributed by atoms with E-state index in [-0.39, 0.29) is 28.2 Å². The molecular formula is C16H16N2O6. The number of nitro groups is 1. The van der Waals surface area contributed by atoms with E-state index in [2.05, 4.69) is 4.99 Å². The van der Waals surface area contributed by atoms with E-state index in [0.29, 0.717) is 6.42 Å². The van der Waals surface area contributed by atoms with Crippen molar-refractivity contribution in [1.82, 2.24) is 0 Å². The van der Waals surface area contributed by atoms with E-state index < -0.39 is 28.7 Å². The van der Waals surface area contributed by atoms with Gasteiger partial charge >= 0.3 is 11.9 Å². The highest BCUT2D eigenvalue weighted by Gasteiger charge is 2.41. The molecule has 1 aliphatic heterocycles. The number of aliphatic imine (C=N–C) groups is 1. The number of rotatable bonds is 5. The fourth-order valence-electron chi connectivity index (χ4n) is 2.97. The maximum Gasteiger partial charge on any atom is 0.334 e. The Morgan fingerprint density at radius 1 is 1.33 bits per heavy atom. The van der Waals surface area contributed by atoms with Crippen LogP contribution < -0.4 is 0 Å². The number of allylic oxidation sites excluding steroid dienone is 1. The Morgan fingerprint density at radius 2 is 2.00 bits per heavy atom. The minimum Gasteiger partial charge on any atom is -0.481 e. The van der Waals surface area contributed by atoms with Gasteiger partial charge in [0, 0.05) is 23.8 Å². The monoisotopic (exact) mass is 332 g/mol. The average molecular weight is 332 g/mol. The lowest BCUT2D eigenvalue weighted by molar-refractivity contribution is -0.384. The van der Waals surface area contributed by atoms with Gasteiger partial charge in [-0.15, -0.1) is 0 Å². The van der Waals surface area contributed by atoms with Crippen molar-refractivity contribution >= 4 is 23.3 Å². The third-order valence-electron chi connectivity index (χ3n) is 3.99. The second kappa shape index (κ2) is 6.61.